The smallest absolute Gasteiger partial charge is 0.124 e. The molecule has 0 amide bonds. The van der Waals surface area contributed by atoms with Crippen LogP contribution in [0.4, 0.5) is 0 Å². The molecule has 20 heavy (non-hydrogen) atoms. The molecule has 2 heterocycles. The van der Waals surface area contributed by atoms with Crippen molar-refractivity contribution >= 4 is 0 Å². The van der Waals surface area contributed by atoms with Crippen LogP contribution in [0.25, 0.3) is 0 Å². The molecule has 0 N–H and O–H groups in total. The highest BCUT2D eigenvalue weighted by Crippen LogP contribution is 2.51. The first kappa shape index (κ1) is 11.9. The molecular formula is C17H17NO2. The molecule has 2 atom stereocenters. The van der Waals surface area contributed by atoms with Crippen molar-refractivity contribution < 1.29 is 9.57 Å². The molecule has 3 heteroatoms. The number of nitrogens with zero attached hydrogens (tertiary/aromatic N) is 1. The fraction of sp³-hybridized carbons (Fsp3) is 0.294. The number of ether oxygens (including phenoxy) is 1. The van der Waals surface area contributed by atoms with Gasteiger partial charge < -0.3 is 4.74 Å². The largest absolute Gasteiger partial charge is 0.492 e. The van der Waals surface area contributed by atoms with Crippen LogP contribution in [0.15, 0.2) is 54.6 Å². The molecule has 2 aromatic rings. The van der Waals surface area contributed by atoms with Gasteiger partial charge in [0.15, 0.2) is 0 Å². The van der Waals surface area contributed by atoms with Crippen molar-refractivity contribution in [3.63, 3.8) is 0 Å². The lowest BCUT2D eigenvalue weighted by atomic mass is 9.72. The number of hydroxylamine groups is 2. The summed E-state index contributed by atoms with van der Waals surface area (Å²) in [6.07, 6.45) is 0. The minimum absolute atomic E-state index is 0.121. The molecule has 2 aliphatic heterocycles. The fourth-order valence-corrected chi connectivity index (χ4v) is 3.47. The van der Waals surface area contributed by atoms with Crippen LogP contribution < -0.4 is 4.74 Å². The van der Waals surface area contributed by atoms with E-state index in [1.807, 2.05) is 30.3 Å². The zero-order valence-electron chi connectivity index (χ0n) is 11.5. The van der Waals surface area contributed by atoms with E-state index in [4.69, 9.17) is 9.57 Å². The number of benzene rings is 2. The summed E-state index contributed by atoms with van der Waals surface area (Å²) in [5, 5.41) is 1.98. The van der Waals surface area contributed by atoms with Crippen molar-refractivity contribution in [1.82, 2.24) is 5.06 Å². The summed E-state index contributed by atoms with van der Waals surface area (Å²) in [4.78, 5) is 5.87. The quantitative estimate of drug-likeness (QED) is 0.793. The van der Waals surface area contributed by atoms with E-state index in [0.717, 1.165) is 5.75 Å². The van der Waals surface area contributed by atoms with Gasteiger partial charge in [0.05, 0.1) is 18.1 Å². The normalized spacial score (nSPS) is 28.6. The third-order valence-corrected chi connectivity index (χ3v) is 4.46. The first-order chi connectivity index (χ1) is 9.81. The number of fused-ring (bicyclic) bond motifs is 3. The van der Waals surface area contributed by atoms with Gasteiger partial charge in [-0.3, -0.25) is 4.84 Å². The van der Waals surface area contributed by atoms with Crippen molar-refractivity contribution in [2.45, 2.75) is 11.5 Å². The van der Waals surface area contributed by atoms with E-state index in [0.29, 0.717) is 13.2 Å². The van der Waals surface area contributed by atoms with Gasteiger partial charge in [-0.05, 0) is 11.6 Å². The highest BCUT2D eigenvalue weighted by molar-refractivity contribution is 5.45. The van der Waals surface area contributed by atoms with E-state index in [1.54, 1.807) is 0 Å². The molecule has 1 fully saturated rings. The fourth-order valence-electron chi connectivity index (χ4n) is 3.47. The van der Waals surface area contributed by atoms with Crippen molar-refractivity contribution in [2.24, 2.45) is 0 Å². The summed E-state index contributed by atoms with van der Waals surface area (Å²) in [6.45, 7) is 1.32. The molecule has 0 aromatic heterocycles. The van der Waals surface area contributed by atoms with Crippen LogP contribution in [0.3, 0.4) is 0 Å². The number of likely N-dealkylation sites (N-methyl/N-ethyl adjacent to an activating group) is 1. The number of hydrogen-bond donors (Lipinski definition) is 0. The van der Waals surface area contributed by atoms with Gasteiger partial charge in [0, 0.05) is 12.6 Å². The third-order valence-electron chi connectivity index (χ3n) is 4.46. The SMILES string of the molecule is CN1OCC2(c3ccccc3)COc3ccccc3C12. The Kier molecular flexibility index (Phi) is 2.59. The minimum atomic E-state index is -0.121. The second-order valence-corrected chi connectivity index (χ2v) is 5.57. The molecule has 0 spiro atoms. The van der Waals surface area contributed by atoms with Crippen LogP contribution in [0.1, 0.15) is 17.2 Å². The van der Waals surface area contributed by atoms with E-state index in [2.05, 4.69) is 36.4 Å². The van der Waals surface area contributed by atoms with Gasteiger partial charge in [-0.25, -0.2) is 0 Å². The van der Waals surface area contributed by atoms with Gasteiger partial charge in [-0.15, -0.1) is 0 Å². The third kappa shape index (κ3) is 1.54. The van der Waals surface area contributed by atoms with Crippen molar-refractivity contribution in [2.75, 3.05) is 20.3 Å². The summed E-state index contributed by atoms with van der Waals surface area (Å²) >= 11 is 0. The van der Waals surface area contributed by atoms with Crippen LogP contribution in [0.5, 0.6) is 5.75 Å². The molecule has 0 aliphatic carbocycles. The second-order valence-electron chi connectivity index (χ2n) is 5.57. The second kappa shape index (κ2) is 4.33. The maximum atomic E-state index is 6.04. The molecule has 1 saturated heterocycles. The number of para-hydroxylation sites is 1. The molecule has 102 valence electrons. The molecule has 2 aliphatic rings. The molecular weight excluding hydrogens is 250 g/mol. The van der Waals surface area contributed by atoms with Crippen molar-refractivity contribution in [3.05, 3.63) is 65.7 Å². The minimum Gasteiger partial charge on any atom is -0.492 e. The van der Waals surface area contributed by atoms with Crippen molar-refractivity contribution in [1.29, 1.82) is 0 Å². The van der Waals surface area contributed by atoms with Gasteiger partial charge in [0.25, 0.3) is 0 Å². The van der Waals surface area contributed by atoms with E-state index >= 15 is 0 Å². The molecule has 2 aromatic carbocycles. The number of rotatable bonds is 1. The molecule has 0 bridgehead atoms. The zero-order valence-corrected chi connectivity index (χ0v) is 11.5. The highest BCUT2D eigenvalue weighted by Gasteiger charge is 2.53. The van der Waals surface area contributed by atoms with Crippen LogP contribution >= 0.6 is 0 Å². The Morgan fingerprint density at radius 2 is 1.75 bits per heavy atom. The Morgan fingerprint density at radius 3 is 2.60 bits per heavy atom. The zero-order chi connectivity index (χ0) is 13.6. The Morgan fingerprint density at radius 1 is 1.00 bits per heavy atom. The maximum Gasteiger partial charge on any atom is 0.124 e. The van der Waals surface area contributed by atoms with Gasteiger partial charge in [0.2, 0.25) is 0 Å². The van der Waals surface area contributed by atoms with Gasteiger partial charge in [-0.2, -0.15) is 5.06 Å². The average Bonchev–Trinajstić information content (AvgIpc) is 2.87. The van der Waals surface area contributed by atoms with E-state index < -0.39 is 0 Å². The summed E-state index contributed by atoms with van der Waals surface area (Å²) in [5.41, 5.74) is 2.37. The van der Waals surface area contributed by atoms with Crippen molar-refractivity contribution in [3.8, 4) is 5.75 Å². The first-order valence-corrected chi connectivity index (χ1v) is 6.94. The van der Waals surface area contributed by atoms with E-state index in [1.165, 1.54) is 11.1 Å². The van der Waals surface area contributed by atoms with E-state index in [-0.39, 0.29) is 11.5 Å². The Labute approximate surface area is 118 Å². The lowest BCUT2D eigenvalue weighted by molar-refractivity contribution is -0.111. The lowest BCUT2D eigenvalue weighted by Gasteiger charge is -2.40. The standard InChI is InChI=1S/C17H17NO2/c1-18-16-14-9-5-6-10-15(14)19-11-17(16,12-20-18)13-7-3-2-4-8-13/h2-10,16H,11-12H2,1H3. The molecule has 0 saturated carbocycles. The van der Waals surface area contributed by atoms with Gasteiger partial charge >= 0.3 is 0 Å². The summed E-state index contributed by atoms with van der Waals surface area (Å²) in [7, 11) is 2.01. The van der Waals surface area contributed by atoms with E-state index in [9.17, 15) is 0 Å². The maximum absolute atomic E-state index is 6.04. The van der Waals surface area contributed by atoms with Crippen LogP contribution in [-0.4, -0.2) is 25.3 Å². The highest BCUT2D eigenvalue weighted by atomic mass is 16.7. The average molecular weight is 267 g/mol. The lowest BCUT2D eigenvalue weighted by Crippen LogP contribution is -2.44. The van der Waals surface area contributed by atoms with Crippen LogP contribution in [0.2, 0.25) is 0 Å². The van der Waals surface area contributed by atoms with Crippen LogP contribution in [-0.2, 0) is 10.3 Å². The summed E-state index contributed by atoms with van der Waals surface area (Å²) in [6, 6.07) is 19.0. The molecule has 3 nitrogen and oxygen atoms in total. The topological polar surface area (TPSA) is 21.7 Å². The van der Waals surface area contributed by atoms with Gasteiger partial charge in [0.1, 0.15) is 12.4 Å². The van der Waals surface area contributed by atoms with Gasteiger partial charge in [-0.1, -0.05) is 48.5 Å². The predicted octanol–water partition coefficient (Wildman–Crippen LogP) is 2.94. The molecule has 4 rings (SSSR count). The summed E-state index contributed by atoms with van der Waals surface area (Å²) < 4.78 is 6.04. The predicted molar refractivity (Wildman–Crippen MR) is 76.5 cm³/mol. The summed E-state index contributed by atoms with van der Waals surface area (Å²) in [5.74, 6) is 0.974. The number of hydrogen-bond acceptors (Lipinski definition) is 3. The Hall–Kier alpha value is -1.84. The van der Waals surface area contributed by atoms with Crippen LogP contribution in [0, 0.1) is 0 Å². The Bertz CT molecular complexity index is 628. The molecule has 0 radical (unpaired) electrons. The molecule has 2 unspecified atom stereocenters. The monoisotopic (exact) mass is 267 g/mol. The first-order valence-electron chi connectivity index (χ1n) is 6.94. The Balaban J connectivity index is 1.89.